The maximum atomic E-state index is 12.2. The number of Topliss-reactive ketones (excluding diaryl/α,β-unsaturated/α-hetero) is 2. The second-order valence-electron chi connectivity index (χ2n) is 26.8. The number of allylic oxidation sites excluding steroid dienone is 36. The molecule has 4 rings (SSSR count). The van der Waals surface area contributed by atoms with E-state index in [2.05, 4.69) is 169 Å². The van der Waals surface area contributed by atoms with E-state index in [0.29, 0.717) is 36.8 Å². The molecule has 0 aromatic rings. The van der Waals surface area contributed by atoms with E-state index in [1.807, 2.05) is 125 Å². The first-order valence-electron chi connectivity index (χ1n) is 30.5. The SMILES string of the molecule is CC1=C(C#C/C(C)=C/C=C/C(C)=C/C=C/C=C(C)/C=C/C=C(C)/C=C/C2=C(C)C(=O)C(O)CC2(C)C)C(C)(C)CC(O)C1.CC1=C(C#C/C(C)=C/C=C/C(C)=C/C=C/C=C(C)/C=C/C=C(C)/C=C/C2=C(C)C(=O)[C@@H](O)CC2(C)C)C(C)(C)C[C@H](O)C1. The molecule has 0 bridgehead atoms. The van der Waals surface area contributed by atoms with Crippen LogP contribution in [0.3, 0.4) is 0 Å². The number of hydrogen-bond donors (Lipinski definition) is 4. The third-order valence-electron chi connectivity index (χ3n) is 16.1. The largest absolute Gasteiger partial charge is 0.393 e. The van der Waals surface area contributed by atoms with Crippen LogP contribution in [0.1, 0.15) is 177 Å². The standard InChI is InChI=1S/2C40H52O3/c2*1-28(17-13-19-30(3)21-23-35-32(5)25-34(41)26-39(35,7)8)15-11-12-16-29(2)18-14-20-31(4)22-24-36-33(6)38(43)37(42)27-40(36,9)10/h2*11-20,22,24,34,37,41-42H,25-27H2,1-10H3/b2*12-11+,17-13+,18-14+,24-22+,28-15+,29-16+,30-19+,31-20+/t34-,37+;/m1./s1. The van der Waals surface area contributed by atoms with Crippen molar-refractivity contribution >= 4 is 11.6 Å². The number of ketones is 2. The Morgan fingerprint density at radius 1 is 0.384 bits per heavy atom. The molecule has 4 atom stereocenters. The van der Waals surface area contributed by atoms with Gasteiger partial charge >= 0.3 is 0 Å². The van der Waals surface area contributed by atoms with Gasteiger partial charge in [0.25, 0.3) is 0 Å². The van der Waals surface area contributed by atoms with Gasteiger partial charge in [0.15, 0.2) is 11.6 Å². The number of carbonyl (C=O) groups is 2. The van der Waals surface area contributed by atoms with E-state index in [1.54, 1.807) is 13.8 Å². The maximum absolute atomic E-state index is 12.2. The molecule has 0 saturated carbocycles. The molecule has 0 aliphatic heterocycles. The van der Waals surface area contributed by atoms with Crippen LogP contribution in [0.4, 0.5) is 0 Å². The number of rotatable bonds is 16. The van der Waals surface area contributed by atoms with Gasteiger partial charge in [-0.15, -0.1) is 0 Å². The van der Waals surface area contributed by atoms with Crippen molar-refractivity contribution in [2.24, 2.45) is 21.7 Å². The van der Waals surface area contributed by atoms with E-state index in [-0.39, 0.29) is 45.4 Å². The Labute approximate surface area is 520 Å². The molecule has 86 heavy (non-hydrogen) atoms. The van der Waals surface area contributed by atoms with Crippen molar-refractivity contribution in [3.63, 3.8) is 0 Å². The third-order valence-corrected chi connectivity index (χ3v) is 16.1. The van der Waals surface area contributed by atoms with Crippen molar-refractivity contribution in [3.05, 3.63) is 235 Å². The Morgan fingerprint density at radius 3 is 0.942 bits per heavy atom. The zero-order chi connectivity index (χ0) is 64.7. The minimum Gasteiger partial charge on any atom is -0.393 e. The van der Waals surface area contributed by atoms with Crippen LogP contribution >= 0.6 is 0 Å². The summed E-state index contributed by atoms with van der Waals surface area (Å²) in [5.74, 6) is 13.0. The Morgan fingerprint density at radius 2 is 0.651 bits per heavy atom. The summed E-state index contributed by atoms with van der Waals surface area (Å²) in [6.07, 6.45) is 50.6. The molecule has 460 valence electrons. The molecule has 0 saturated heterocycles. The highest BCUT2D eigenvalue weighted by Gasteiger charge is 2.38. The van der Waals surface area contributed by atoms with E-state index in [0.717, 1.165) is 79.7 Å². The zero-order valence-electron chi connectivity index (χ0n) is 56.0. The fourth-order valence-corrected chi connectivity index (χ4v) is 11.4. The van der Waals surface area contributed by atoms with Crippen molar-refractivity contribution in [2.45, 2.75) is 201 Å². The summed E-state index contributed by atoms with van der Waals surface area (Å²) in [6, 6.07) is 0. The van der Waals surface area contributed by atoms with Crippen LogP contribution in [0.15, 0.2) is 235 Å². The first kappa shape index (κ1) is 73.4. The van der Waals surface area contributed by atoms with E-state index in [1.165, 1.54) is 11.1 Å². The van der Waals surface area contributed by atoms with E-state index in [9.17, 15) is 30.0 Å². The zero-order valence-corrected chi connectivity index (χ0v) is 56.0. The summed E-state index contributed by atoms with van der Waals surface area (Å²) in [5.41, 5.74) is 16.1. The third kappa shape index (κ3) is 24.5. The van der Waals surface area contributed by atoms with Crippen LogP contribution in [-0.2, 0) is 9.59 Å². The smallest absolute Gasteiger partial charge is 0.187 e. The van der Waals surface area contributed by atoms with E-state index >= 15 is 0 Å². The fourth-order valence-electron chi connectivity index (χ4n) is 11.4. The molecular formula is C80H104O6. The van der Waals surface area contributed by atoms with Crippen LogP contribution in [0.5, 0.6) is 0 Å². The lowest BCUT2D eigenvalue weighted by atomic mass is 9.71. The topological polar surface area (TPSA) is 115 Å². The Bertz CT molecular complexity index is 3070. The highest BCUT2D eigenvalue weighted by Crippen LogP contribution is 2.43. The molecule has 4 aliphatic rings. The summed E-state index contributed by atoms with van der Waals surface area (Å²) >= 11 is 0. The average Bonchev–Trinajstić information content (AvgIpc) is 1.35. The number of carbonyl (C=O) groups excluding carboxylic acids is 2. The minimum absolute atomic E-state index is 0.0916. The van der Waals surface area contributed by atoms with Gasteiger partial charge in [-0.2, -0.15) is 0 Å². The van der Waals surface area contributed by atoms with Crippen molar-refractivity contribution in [1.29, 1.82) is 0 Å². The second-order valence-corrected chi connectivity index (χ2v) is 26.8. The van der Waals surface area contributed by atoms with Crippen molar-refractivity contribution in [1.82, 2.24) is 0 Å². The van der Waals surface area contributed by atoms with Crippen molar-refractivity contribution in [2.75, 3.05) is 0 Å². The van der Waals surface area contributed by atoms with Gasteiger partial charge in [0.1, 0.15) is 12.2 Å². The van der Waals surface area contributed by atoms with Crippen LogP contribution in [0, 0.1) is 45.3 Å². The Kier molecular flexibility index (Phi) is 28.9. The quantitative estimate of drug-likeness (QED) is 0.0904. The van der Waals surface area contributed by atoms with Gasteiger partial charge in [0, 0.05) is 22.0 Å². The lowest BCUT2D eigenvalue weighted by Gasteiger charge is -2.34. The highest BCUT2D eigenvalue weighted by atomic mass is 16.3. The first-order chi connectivity index (χ1) is 40.1. The van der Waals surface area contributed by atoms with Gasteiger partial charge in [-0.1, -0.05) is 269 Å². The fraction of sp³-hybridized carbons (Fsp3) is 0.425. The van der Waals surface area contributed by atoms with Crippen molar-refractivity contribution < 1.29 is 30.0 Å². The summed E-state index contributed by atoms with van der Waals surface area (Å²) in [5, 5.41) is 40.2. The second kappa shape index (κ2) is 33.9. The van der Waals surface area contributed by atoms with Gasteiger partial charge in [0.05, 0.1) is 12.2 Å². The average molecular weight is 1160 g/mol. The molecule has 0 heterocycles. The lowest BCUT2D eigenvalue weighted by molar-refractivity contribution is -0.126. The van der Waals surface area contributed by atoms with E-state index in [4.69, 9.17) is 0 Å². The van der Waals surface area contributed by atoms with Gasteiger partial charge in [0.2, 0.25) is 0 Å². The summed E-state index contributed by atoms with van der Waals surface area (Å²) < 4.78 is 0. The van der Waals surface area contributed by atoms with Crippen LogP contribution < -0.4 is 0 Å². The first-order valence-corrected chi connectivity index (χ1v) is 30.5. The normalized spacial score (nSPS) is 24.2. The lowest BCUT2D eigenvalue weighted by Crippen LogP contribution is -2.35. The molecule has 4 aliphatic carbocycles. The summed E-state index contributed by atoms with van der Waals surface area (Å²) in [6.45, 7) is 41.1. The van der Waals surface area contributed by atoms with Gasteiger partial charge < -0.3 is 20.4 Å². The number of aliphatic hydroxyl groups is 4. The highest BCUT2D eigenvalue weighted by molar-refractivity contribution is 6.01. The predicted octanol–water partition coefficient (Wildman–Crippen LogP) is 18.3. The molecular weight excluding hydrogens is 1060 g/mol. The molecule has 0 amide bonds. The van der Waals surface area contributed by atoms with Crippen LogP contribution in [0.2, 0.25) is 0 Å². The molecule has 2 unspecified atom stereocenters. The molecule has 6 heteroatoms. The van der Waals surface area contributed by atoms with Gasteiger partial charge in [-0.3, -0.25) is 9.59 Å². The van der Waals surface area contributed by atoms with E-state index < -0.39 is 12.2 Å². The molecule has 0 radical (unpaired) electrons. The Hall–Kier alpha value is -6.90. The van der Waals surface area contributed by atoms with Crippen LogP contribution in [0.25, 0.3) is 0 Å². The summed E-state index contributed by atoms with van der Waals surface area (Å²) in [4.78, 5) is 24.5. The van der Waals surface area contributed by atoms with Gasteiger partial charge in [-0.05, 0) is 166 Å². The Balaban J connectivity index is 0.000000450. The molecule has 0 spiro atoms. The molecule has 0 aromatic carbocycles. The monoisotopic (exact) mass is 1160 g/mol. The summed E-state index contributed by atoms with van der Waals surface area (Å²) in [7, 11) is 0. The maximum Gasteiger partial charge on any atom is 0.187 e. The molecule has 0 aromatic heterocycles. The molecule has 6 nitrogen and oxygen atoms in total. The van der Waals surface area contributed by atoms with Gasteiger partial charge in [-0.25, -0.2) is 0 Å². The minimum atomic E-state index is -0.900. The number of aliphatic hydroxyl groups excluding tert-OH is 4. The number of hydrogen-bond acceptors (Lipinski definition) is 6. The molecule has 0 fully saturated rings. The predicted molar refractivity (Wildman–Crippen MR) is 366 cm³/mol. The molecule has 4 N–H and O–H groups in total. The van der Waals surface area contributed by atoms with Crippen LogP contribution in [-0.4, -0.2) is 56.4 Å². The van der Waals surface area contributed by atoms with Crippen molar-refractivity contribution in [3.8, 4) is 23.7 Å².